The molecule has 6 heteroatoms. The number of hydrogen-bond donors (Lipinski definition) is 2. The van der Waals surface area contributed by atoms with Crippen molar-refractivity contribution in [3.05, 3.63) is 35.4 Å². The molecule has 1 atom stereocenters. The normalized spacial score (nSPS) is 19.2. The molecule has 122 valence electrons. The Balaban J connectivity index is 0.00000200. The van der Waals surface area contributed by atoms with Crippen molar-refractivity contribution >= 4 is 24.8 Å². The van der Waals surface area contributed by atoms with E-state index in [-0.39, 0.29) is 37.3 Å². The molecule has 2 rings (SSSR count). The summed E-state index contributed by atoms with van der Waals surface area (Å²) in [5.41, 5.74) is 8.20. The van der Waals surface area contributed by atoms with Gasteiger partial charge in [0.2, 0.25) is 0 Å². The van der Waals surface area contributed by atoms with Crippen molar-refractivity contribution in [2.24, 2.45) is 11.7 Å². The highest BCUT2D eigenvalue weighted by atomic mass is 35.5. The first kappa shape index (κ1) is 20.6. The van der Waals surface area contributed by atoms with Gasteiger partial charge in [0.25, 0.3) is 0 Å². The molecule has 1 aromatic rings. The van der Waals surface area contributed by atoms with E-state index in [1.165, 1.54) is 11.1 Å². The maximum atomic E-state index is 9.29. The molecule has 1 aliphatic heterocycles. The minimum atomic E-state index is 0. The lowest BCUT2D eigenvalue weighted by atomic mass is 10.1. The van der Waals surface area contributed by atoms with Gasteiger partial charge in [0.05, 0.1) is 13.2 Å². The number of nitrogens with zero attached hydrogens (tertiary/aromatic N) is 1. The maximum absolute atomic E-state index is 9.29. The van der Waals surface area contributed by atoms with Gasteiger partial charge in [-0.3, -0.25) is 4.90 Å². The summed E-state index contributed by atoms with van der Waals surface area (Å²) in [5, 5.41) is 9.29. The fraction of sp³-hybridized carbons (Fsp3) is 0.600. The molecule has 4 nitrogen and oxygen atoms in total. The molecule has 1 aromatic carbocycles. The highest BCUT2D eigenvalue weighted by Crippen LogP contribution is 2.12. The molecule has 0 spiro atoms. The number of nitrogens with two attached hydrogens (primary N) is 1. The second kappa shape index (κ2) is 11.2. The summed E-state index contributed by atoms with van der Waals surface area (Å²) in [4.78, 5) is 2.36. The first-order valence-corrected chi connectivity index (χ1v) is 7.00. The third-order valence-corrected chi connectivity index (χ3v) is 3.51. The molecule has 0 bridgehead atoms. The quantitative estimate of drug-likeness (QED) is 0.854. The van der Waals surface area contributed by atoms with Crippen LogP contribution in [0.3, 0.4) is 0 Å². The van der Waals surface area contributed by atoms with E-state index in [9.17, 15) is 5.11 Å². The Morgan fingerprint density at radius 1 is 1.29 bits per heavy atom. The van der Waals surface area contributed by atoms with Gasteiger partial charge in [-0.15, -0.1) is 24.8 Å². The van der Waals surface area contributed by atoms with Crippen LogP contribution < -0.4 is 5.73 Å². The zero-order valence-electron chi connectivity index (χ0n) is 12.2. The Kier molecular flexibility index (Phi) is 11.0. The zero-order valence-corrected chi connectivity index (χ0v) is 13.9. The van der Waals surface area contributed by atoms with Crippen LogP contribution in [0.2, 0.25) is 0 Å². The molecule has 3 N–H and O–H groups in total. The van der Waals surface area contributed by atoms with Gasteiger partial charge in [0, 0.05) is 32.2 Å². The van der Waals surface area contributed by atoms with Crippen LogP contribution in [0.1, 0.15) is 11.1 Å². The van der Waals surface area contributed by atoms with Gasteiger partial charge >= 0.3 is 0 Å². The van der Waals surface area contributed by atoms with E-state index in [1.807, 2.05) is 0 Å². The van der Waals surface area contributed by atoms with Crippen LogP contribution in [-0.2, 0) is 17.7 Å². The molecular weight excluding hydrogens is 311 g/mol. The Morgan fingerprint density at radius 2 is 2.05 bits per heavy atom. The summed E-state index contributed by atoms with van der Waals surface area (Å²) in [6.07, 6.45) is 0.927. The molecule has 0 saturated carbocycles. The molecule has 1 fully saturated rings. The summed E-state index contributed by atoms with van der Waals surface area (Å²) in [7, 11) is 0. The van der Waals surface area contributed by atoms with Gasteiger partial charge in [-0.25, -0.2) is 0 Å². The van der Waals surface area contributed by atoms with Crippen LogP contribution >= 0.6 is 24.8 Å². The summed E-state index contributed by atoms with van der Waals surface area (Å²) in [6.45, 7) is 5.05. The first-order valence-electron chi connectivity index (χ1n) is 7.00. The van der Waals surface area contributed by atoms with Crippen LogP contribution in [-0.4, -0.2) is 49.5 Å². The summed E-state index contributed by atoms with van der Waals surface area (Å²) < 4.78 is 5.51. The van der Waals surface area contributed by atoms with E-state index in [4.69, 9.17) is 10.5 Å². The van der Waals surface area contributed by atoms with Crippen LogP contribution in [0.25, 0.3) is 0 Å². The van der Waals surface area contributed by atoms with Crippen molar-refractivity contribution in [1.82, 2.24) is 4.90 Å². The Hall–Kier alpha value is -0.360. The van der Waals surface area contributed by atoms with Gasteiger partial charge in [-0.05, 0) is 24.1 Å². The standard InChI is InChI=1S/C15H24N2O2.2ClH/c16-5-4-13-2-1-3-14(8-13)9-17-6-7-19-12-15(10-17)11-18;;/h1-3,8,15,18H,4-7,9-12,16H2;2*1H. The predicted molar refractivity (Wildman–Crippen MR) is 90.4 cm³/mol. The Labute approximate surface area is 139 Å². The van der Waals surface area contributed by atoms with E-state index < -0.39 is 0 Å². The third-order valence-electron chi connectivity index (χ3n) is 3.51. The van der Waals surface area contributed by atoms with Gasteiger partial charge in [0.1, 0.15) is 0 Å². The lowest BCUT2D eigenvalue weighted by Gasteiger charge is -2.22. The average Bonchev–Trinajstić information content (AvgIpc) is 2.65. The van der Waals surface area contributed by atoms with Crippen molar-refractivity contribution in [2.45, 2.75) is 13.0 Å². The highest BCUT2D eigenvalue weighted by Gasteiger charge is 2.17. The van der Waals surface area contributed by atoms with Crippen molar-refractivity contribution in [1.29, 1.82) is 0 Å². The molecule has 0 radical (unpaired) electrons. The molecule has 0 amide bonds. The molecule has 1 heterocycles. The lowest BCUT2D eigenvalue weighted by Crippen LogP contribution is -2.31. The third kappa shape index (κ3) is 6.96. The number of aliphatic hydroxyl groups is 1. The number of benzene rings is 1. The SMILES string of the molecule is Cl.Cl.NCCc1cccc(CN2CCOCC(CO)C2)c1. The average molecular weight is 337 g/mol. The molecule has 1 unspecified atom stereocenters. The van der Waals surface area contributed by atoms with Gasteiger partial charge in [0.15, 0.2) is 0 Å². The van der Waals surface area contributed by atoms with Crippen LogP contribution in [0.15, 0.2) is 24.3 Å². The second-order valence-corrected chi connectivity index (χ2v) is 5.22. The Bertz CT molecular complexity index is 394. The molecule has 0 aromatic heterocycles. The van der Waals surface area contributed by atoms with E-state index in [2.05, 4.69) is 29.2 Å². The van der Waals surface area contributed by atoms with Crippen molar-refractivity contribution in [2.75, 3.05) is 39.5 Å². The van der Waals surface area contributed by atoms with Gasteiger partial charge in [-0.2, -0.15) is 0 Å². The van der Waals surface area contributed by atoms with Crippen molar-refractivity contribution < 1.29 is 9.84 Å². The molecule has 21 heavy (non-hydrogen) atoms. The van der Waals surface area contributed by atoms with E-state index in [1.54, 1.807) is 0 Å². The number of rotatable bonds is 5. The first-order chi connectivity index (χ1) is 9.31. The fourth-order valence-electron chi connectivity index (χ4n) is 2.52. The van der Waals surface area contributed by atoms with E-state index >= 15 is 0 Å². The minimum absolute atomic E-state index is 0. The maximum Gasteiger partial charge on any atom is 0.0593 e. The van der Waals surface area contributed by atoms with E-state index in [0.29, 0.717) is 13.2 Å². The monoisotopic (exact) mass is 336 g/mol. The fourth-order valence-corrected chi connectivity index (χ4v) is 2.52. The number of ether oxygens (including phenoxy) is 1. The largest absolute Gasteiger partial charge is 0.396 e. The predicted octanol–water partition coefficient (Wildman–Crippen LogP) is 1.47. The molecule has 1 aliphatic rings. The summed E-state index contributed by atoms with van der Waals surface area (Å²) in [6, 6.07) is 8.60. The molecule has 0 aliphatic carbocycles. The number of aliphatic hydroxyl groups excluding tert-OH is 1. The van der Waals surface area contributed by atoms with Gasteiger partial charge < -0.3 is 15.6 Å². The van der Waals surface area contributed by atoms with Gasteiger partial charge in [-0.1, -0.05) is 24.3 Å². The molecular formula is C15H26Cl2N2O2. The minimum Gasteiger partial charge on any atom is -0.396 e. The highest BCUT2D eigenvalue weighted by molar-refractivity contribution is 5.85. The smallest absolute Gasteiger partial charge is 0.0593 e. The lowest BCUT2D eigenvalue weighted by molar-refractivity contribution is 0.0958. The topological polar surface area (TPSA) is 58.7 Å². The second-order valence-electron chi connectivity index (χ2n) is 5.22. The van der Waals surface area contributed by atoms with Crippen molar-refractivity contribution in [3.63, 3.8) is 0 Å². The Morgan fingerprint density at radius 3 is 2.76 bits per heavy atom. The summed E-state index contributed by atoms with van der Waals surface area (Å²) in [5.74, 6) is 0.231. The van der Waals surface area contributed by atoms with E-state index in [0.717, 1.165) is 32.7 Å². The number of hydrogen-bond acceptors (Lipinski definition) is 4. The van der Waals surface area contributed by atoms with Crippen LogP contribution in [0.4, 0.5) is 0 Å². The van der Waals surface area contributed by atoms with Crippen LogP contribution in [0, 0.1) is 5.92 Å². The number of halogens is 2. The summed E-state index contributed by atoms with van der Waals surface area (Å²) >= 11 is 0. The van der Waals surface area contributed by atoms with Crippen molar-refractivity contribution in [3.8, 4) is 0 Å². The molecule has 1 saturated heterocycles. The van der Waals surface area contributed by atoms with Crippen LogP contribution in [0.5, 0.6) is 0 Å². The zero-order chi connectivity index (χ0) is 13.5.